The van der Waals surface area contributed by atoms with Crippen molar-refractivity contribution in [3.8, 4) is 0 Å². The second kappa shape index (κ2) is 7.51. The highest BCUT2D eigenvalue weighted by Crippen LogP contribution is 2.23. The molecular formula is C21H25NO3. The number of carboxylic acid groups (broad SMARTS) is 1. The first-order valence-electron chi connectivity index (χ1n) is 8.36. The molecule has 132 valence electrons. The summed E-state index contributed by atoms with van der Waals surface area (Å²) in [5, 5.41) is 12.5. The Morgan fingerprint density at radius 3 is 2.12 bits per heavy atom. The van der Waals surface area contributed by atoms with Crippen LogP contribution in [-0.2, 0) is 21.4 Å². The van der Waals surface area contributed by atoms with Gasteiger partial charge in [-0.25, -0.2) is 0 Å². The van der Waals surface area contributed by atoms with Crippen molar-refractivity contribution >= 4 is 11.9 Å². The van der Waals surface area contributed by atoms with Crippen LogP contribution in [0.1, 0.15) is 34.7 Å². The fourth-order valence-electron chi connectivity index (χ4n) is 3.09. The van der Waals surface area contributed by atoms with Gasteiger partial charge in [0.15, 0.2) is 0 Å². The van der Waals surface area contributed by atoms with E-state index in [9.17, 15) is 14.7 Å². The van der Waals surface area contributed by atoms with Gasteiger partial charge in [-0.3, -0.25) is 9.59 Å². The number of carbonyl (C=O) groups is 2. The first-order chi connectivity index (χ1) is 11.7. The Bertz CT molecular complexity index is 760. The maximum Gasteiger partial charge on any atom is 0.315 e. The second-order valence-electron chi connectivity index (χ2n) is 6.83. The molecule has 1 atom stereocenters. The largest absolute Gasteiger partial charge is 0.481 e. The lowest BCUT2D eigenvalue weighted by atomic mass is 9.82. The highest BCUT2D eigenvalue weighted by atomic mass is 16.4. The van der Waals surface area contributed by atoms with Gasteiger partial charge in [-0.2, -0.15) is 0 Å². The fraction of sp³-hybridized carbons (Fsp3) is 0.333. The van der Waals surface area contributed by atoms with Crippen LogP contribution in [0.25, 0.3) is 0 Å². The van der Waals surface area contributed by atoms with Gasteiger partial charge < -0.3 is 10.4 Å². The first-order valence-corrected chi connectivity index (χ1v) is 8.36. The van der Waals surface area contributed by atoms with E-state index in [1.165, 1.54) is 5.56 Å². The molecule has 1 amide bonds. The number of carbonyl (C=O) groups excluding carboxylic acids is 1. The van der Waals surface area contributed by atoms with E-state index in [-0.39, 0.29) is 18.9 Å². The molecule has 4 heteroatoms. The van der Waals surface area contributed by atoms with Crippen LogP contribution in [0, 0.1) is 20.8 Å². The lowest BCUT2D eigenvalue weighted by molar-refractivity contribution is -0.143. The highest BCUT2D eigenvalue weighted by Gasteiger charge is 2.35. The van der Waals surface area contributed by atoms with Gasteiger partial charge in [-0.1, -0.05) is 48.0 Å². The van der Waals surface area contributed by atoms with Gasteiger partial charge in [0.05, 0.1) is 6.42 Å². The van der Waals surface area contributed by atoms with E-state index in [2.05, 4.69) is 17.4 Å². The Morgan fingerprint density at radius 1 is 1.04 bits per heavy atom. The second-order valence-corrected chi connectivity index (χ2v) is 6.83. The minimum absolute atomic E-state index is 0.0507. The molecular weight excluding hydrogens is 314 g/mol. The topological polar surface area (TPSA) is 66.4 Å². The zero-order chi connectivity index (χ0) is 18.6. The Morgan fingerprint density at radius 2 is 1.60 bits per heavy atom. The van der Waals surface area contributed by atoms with Crippen molar-refractivity contribution in [3.63, 3.8) is 0 Å². The quantitative estimate of drug-likeness (QED) is 0.848. The summed E-state index contributed by atoms with van der Waals surface area (Å²) in [6.45, 7) is 7.70. The summed E-state index contributed by atoms with van der Waals surface area (Å²) in [6.07, 6.45) is 0.252. The standard InChI is InChI=1S/C21H25NO3/c1-14-10-15(2)18(16(3)11-14)12-19(23)22-13-21(4,20(24)25)17-8-6-5-7-9-17/h5-11H,12-13H2,1-4H3,(H,22,23)(H,24,25). The van der Waals surface area contributed by atoms with E-state index in [0.717, 1.165) is 16.7 Å². The molecule has 0 saturated heterocycles. The monoisotopic (exact) mass is 339 g/mol. The van der Waals surface area contributed by atoms with Gasteiger partial charge in [0.1, 0.15) is 5.41 Å². The lowest BCUT2D eigenvalue weighted by Gasteiger charge is -2.26. The van der Waals surface area contributed by atoms with E-state index in [0.29, 0.717) is 5.56 Å². The molecule has 0 saturated carbocycles. The van der Waals surface area contributed by atoms with Crippen LogP contribution in [0.4, 0.5) is 0 Å². The minimum atomic E-state index is -1.16. The molecule has 0 bridgehead atoms. The van der Waals surface area contributed by atoms with Gasteiger partial charge >= 0.3 is 5.97 Å². The maximum atomic E-state index is 12.4. The van der Waals surface area contributed by atoms with E-state index >= 15 is 0 Å². The number of benzene rings is 2. The number of aliphatic carboxylic acids is 1. The van der Waals surface area contributed by atoms with E-state index in [1.807, 2.05) is 26.8 Å². The number of nitrogens with one attached hydrogen (secondary N) is 1. The van der Waals surface area contributed by atoms with Crippen molar-refractivity contribution < 1.29 is 14.7 Å². The molecule has 0 heterocycles. The number of hydrogen-bond donors (Lipinski definition) is 2. The Balaban J connectivity index is 2.12. The number of amides is 1. The molecule has 0 aliphatic carbocycles. The van der Waals surface area contributed by atoms with Gasteiger partial charge in [0.25, 0.3) is 0 Å². The zero-order valence-corrected chi connectivity index (χ0v) is 15.2. The van der Waals surface area contributed by atoms with Crippen molar-refractivity contribution in [3.05, 3.63) is 70.3 Å². The number of carboxylic acids is 1. The molecule has 1 unspecified atom stereocenters. The lowest BCUT2D eigenvalue weighted by Crippen LogP contribution is -2.44. The first kappa shape index (κ1) is 18.7. The third-order valence-electron chi connectivity index (χ3n) is 4.70. The van der Waals surface area contributed by atoms with Crippen molar-refractivity contribution in [1.29, 1.82) is 0 Å². The summed E-state index contributed by atoms with van der Waals surface area (Å²) >= 11 is 0. The molecule has 2 aromatic carbocycles. The molecule has 25 heavy (non-hydrogen) atoms. The highest BCUT2D eigenvalue weighted by molar-refractivity contribution is 5.84. The van der Waals surface area contributed by atoms with Crippen LogP contribution in [0.15, 0.2) is 42.5 Å². The fourth-order valence-corrected chi connectivity index (χ4v) is 3.09. The SMILES string of the molecule is Cc1cc(C)c(CC(=O)NCC(C)(C(=O)O)c2ccccc2)c(C)c1. The summed E-state index contributed by atoms with van der Waals surface area (Å²) in [4.78, 5) is 24.2. The summed E-state index contributed by atoms with van der Waals surface area (Å²) in [5.41, 5.74) is 3.84. The van der Waals surface area contributed by atoms with E-state index in [1.54, 1.807) is 31.2 Å². The van der Waals surface area contributed by atoms with E-state index in [4.69, 9.17) is 0 Å². The van der Waals surface area contributed by atoms with Gasteiger partial charge in [0, 0.05) is 6.54 Å². The summed E-state index contributed by atoms with van der Waals surface area (Å²) < 4.78 is 0. The Hall–Kier alpha value is -2.62. The molecule has 2 aromatic rings. The average molecular weight is 339 g/mol. The van der Waals surface area contributed by atoms with Crippen LogP contribution >= 0.6 is 0 Å². The Labute approximate surface area is 148 Å². The van der Waals surface area contributed by atoms with Crippen LogP contribution in [0.3, 0.4) is 0 Å². The number of hydrogen-bond acceptors (Lipinski definition) is 2. The predicted octanol–water partition coefficient (Wildman–Crippen LogP) is 3.31. The molecule has 4 nitrogen and oxygen atoms in total. The molecule has 0 fully saturated rings. The van der Waals surface area contributed by atoms with Crippen LogP contribution < -0.4 is 5.32 Å². The maximum absolute atomic E-state index is 12.4. The third-order valence-corrected chi connectivity index (χ3v) is 4.70. The van der Waals surface area contributed by atoms with Gasteiger partial charge in [0.2, 0.25) is 5.91 Å². The minimum Gasteiger partial charge on any atom is -0.481 e. The number of aryl methyl sites for hydroxylation is 3. The molecule has 2 N–H and O–H groups in total. The summed E-state index contributed by atoms with van der Waals surface area (Å²) in [6, 6.07) is 13.1. The smallest absolute Gasteiger partial charge is 0.315 e. The Kier molecular flexibility index (Phi) is 5.62. The van der Waals surface area contributed by atoms with Crippen LogP contribution in [0.5, 0.6) is 0 Å². The number of rotatable bonds is 6. The van der Waals surface area contributed by atoms with Gasteiger partial charge in [-0.05, 0) is 49.9 Å². The van der Waals surface area contributed by atoms with E-state index < -0.39 is 11.4 Å². The van der Waals surface area contributed by atoms with Crippen molar-refractivity contribution in [2.75, 3.05) is 6.54 Å². The molecule has 0 radical (unpaired) electrons. The van der Waals surface area contributed by atoms with Crippen LogP contribution in [0.2, 0.25) is 0 Å². The van der Waals surface area contributed by atoms with Crippen molar-refractivity contribution in [2.24, 2.45) is 0 Å². The van der Waals surface area contributed by atoms with Crippen molar-refractivity contribution in [2.45, 2.75) is 39.5 Å². The molecule has 0 spiro atoms. The summed E-state index contributed by atoms with van der Waals surface area (Å²) in [5.74, 6) is -1.12. The van der Waals surface area contributed by atoms with Gasteiger partial charge in [-0.15, -0.1) is 0 Å². The average Bonchev–Trinajstić information content (AvgIpc) is 2.56. The molecule has 0 aromatic heterocycles. The molecule has 0 aliphatic rings. The summed E-state index contributed by atoms with van der Waals surface area (Å²) in [7, 11) is 0. The molecule has 2 rings (SSSR count). The third kappa shape index (κ3) is 4.27. The molecule has 0 aliphatic heterocycles. The van der Waals surface area contributed by atoms with Crippen LogP contribution in [-0.4, -0.2) is 23.5 Å². The normalized spacial score (nSPS) is 13.1. The predicted molar refractivity (Wildman–Crippen MR) is 98.8 cm³/mol. The zero-order valence-electron chi connectivity index (χ0n) is 15.2. The van der Waals surface area contributed by atoms with Crippen molar-refractivity contribution in [1.82, 2.24) is 5.32 Å².